The number of rotatable bonds is 4. The SMILES string of the molecule is CC(CO)N1CCC(C)(Oc2ccccc2)CC1. The van der Waals surface area contributed by atoms with Gasteiger partial charge in [-0.3, -0.25) is 4.90 Å². The zero-order valence-electron chi connectivity index (χ0n) is 11.3. The molecule has 1 aromatic rings. The maximum atomic E-state index is 9.18. The molecule has 1 aromatic carbocycles. The molecule has 3 heteroatoms. The van der Waals surface area contributed by atoms with Crippen molar-refractivity contribution in [2.45, 2.75) is 38.3 Å². The highest BCUT2D eigenvalue weighted by molar-refractivity contribution is 5.22. The molecule has 3 nitrogen and oxygen atoms in total. The number of benzene rings is 1. The van der Waals surface area contributed by atoms with Crippen LogP contribution in [0, 0.1) is 0 Å². The van der Waals surface area contributed by atoms with Gasteiger partial charge >= 0.3 is 0 Å². The first kappa shape index (κ1) is 13.4. The van der Waals surface area contributed by atoms with Gasteiger partial charge in [0.1, 0.15) is 11.4 Å². The maximum Gasteiger partial charge on any atom is 0.120 e. The Morgan fingerprint density at radius 1 is 1.28 bits per heavy atom. The molecule has 1 aliphatic heterocycles. The fourth-order valence-electron chi connectivity index (χ4n) is 2.43. The Kier molecular flexibility index (Phi) is 4.25. The average molecular weight is 249 g/mol. The highest BCUT2D eigenvalue weighted by Crippen LogP contribution is 2.28. The van der Waals surface area contributed by atoms with Gasteiger partial charge in [-0.1, -0.05) is 18.2 Å². The first-order chi connectivity index (χ1) is 8.63. The third-order valence-corrected chi connectivity index (χ3v) is 3.85. The average Bonchev–Trinajstić information content (AvgIpc) is 2.39. The molecule has 1 aliphatic rings. The second-order valence-corrected chi connectivity index (χ2v) is 5.43. The lowest BCUT2D eigenvalue weighted by Gasteiger charge is -2.41. The Bertz CT molecular complexity index is 358. The topological polar surface area (TPSA) is 32.7 Å². The van der Waals surface area contributed by atoms with Gasteiger partial charge in [0.2, 0.25) is 0 Å². The van der Waals surface area contributed by atoms with Crippen molar-refractivity contribution in [3.8, 4) is 5.75 Å². The van der Waals surface area contributed by atoms with Crippen LogP contribution in [0.2, 0.25) is 0 Å². The molecular weight excluding hydrogens is 226 g/mol. The summed E-state index contributed by atoms with van der Waals surface area (Å²) < 4.78 is 6.12. The van der Waals surface area contributed by atoms with Gasteiger partial charge in [0.15, 0.2) is 0 Å². The molecule has 0 aliphatic carbocycles. The van der Waals surface area contributed by atoms with Gasteiger partial charge in [-0.15, -0.1) is 0 Å². The summed E-state index contributed by atoms with van der Waals surface area (Å²) in [5.41, 5.74) is -0.0764. The lowest BCUT2D eigenvalue weighted by molar-refractivity contribution is -0.00231. The van der Waals surface area contributed by atoms with Gasteiger partial charge in [-0.05, 0) is 38.8 Å². The Hall–Kier alpha value is -1.06. The molecule has 0 saturated carbocycles. The van der Waals surface area contributed by atoms with Crippen molar-refractivity contribution in [3.05, 3.63) is 30.3 Å². The Morgan fingerprint density at radius 2 is 1.89 bits per heavy atom. The molecule has 100 valence electrons. The number of aliphatic hydroxyl groups is 1. The van der Waals surface area contributed by atoms with Crippen molar-refractivity contribution >= 4 is 0 Å². The second kappa shape index (κ2) is 5.72. The van der Waals surface area contributed by atoms with Crippen LogP contribution in [0.25, 0.3) is 0 Å². The van der Waals surface area contributed by atoms with Crippen LogP contribution in [-0.4, -0.2) is 41.3 Å². The van der Waals surface area contributed by atoms with Crippen molar-refractivity contribution < 1.29 is 9.84 Å². The highest BCUT2D eigenvalue weighted by atomic mass is 16.5. The van der Waals surface area contributed by atoms with Gasteiger partial charge in [0.25, 0.3) is 0 Å². The number of nitrogens with zero attached hydrogens (tertiary/aromatic N) is 1. The van der Waals surface area contributed by atoms with E-state index in [0.717, 1.165) is 31.7 Å². The standard InChI is InChI=1S/C15H23NO2/c1-13(12-17)16-10-8-15(2,9-11-16)18-14-6-4-3-5-7-14/h3-7,13,17H,8-12H2,1-2H3. The molecular formula is C15H23NO2. The van der Waals surface area contributed by atoms with Crippen molar-refractivity contribution in [3.63, 3.8) is 0 Å². The number of para-hydroxylation sites is 1. The van der Waals surface area contributed by atoms with Crippen molar-refractivity contribution in [1.82, 2.24) is 4.90 Å². The zero-order valence-corrected chi connectivity index (χ0v) is 11.3. The number of ether oxygens (including phenoxy) is 1. The summed E-state index contributed by atoms with van der Waals surface area (Å²) in [7, 11) is 0. The van der Waals surface area contributed by atoms with Crippen LogP contribution in [0.1, 0.15) is 26.7 Å². The third-order valence-electron chi connectivity index (χ3n) is 3.85. The minimum atomic E-state index is -0.0764. The van der Waals surface area contributed by atoms with E-state index in [1.54, 1.807) is 0 Å². The van der Waals surface area contributed by atoms with E-state index in [-0.39, 0.29) is 18.2 Å². The maximum absolute atomic E-state index is 9.18. The van der Waals surface area contributed by atoms with E-state index >= 15 is 0 Å². The Morgan fingerprint density at radius 3 is 2.44 bits per heavy atom. The molecule has 0 amide bonds. The zero-order chi connectivity index (χ0) is 13.0. The lowest BCUT2D eigenvalue weighted by atomic mass is 9.92. The first-order valence-electron chi connectivity index (χ1n) is 6.72. The van der Waals surface area contributed by atoms with E-state index in [0.29, 0.717) is 0 Å². The fraction of sp³-hybridized carbons (Fsp3) is 0.600. The number of likely N-dealkylation sites (tertiary alicyclic amines) is 1. The van der Waals surface area contributed by atoms with Crippen LogP contribution in [0.4, 0.5) is 0 Å². The minimum Gasteiger partial charge on any atom is -0.487 e. The quantitative estimate of drug-likeness (QED) is 0.888. The molecule has 18 heavy (non-hydrogen) atoms. The minimum absolute atomic E-state index is 0.0764. The summed E-state index contributed by atoms with van der Waals surface area (Å²) in [6.45, 7) is 6.47. The normalized spacial score (nSPS) is 21.5. The lowest BCUT2D eigenvalue weighted by Crippen LogP contribution is -2.49. The molecule has 0 bridgehead atoms. The molecule has 0 spiro atoms. The summed E-state index contributed by atoms with van der Waals surface area (Å²) in [6, 6.07) is 10.3. The van der Waals surface area contributed by atoms with E-state index < -0.39 is 0 Å². The fourth-order valence-corrected chi connectivity index (χ4v) is 2.43. The number of hydrogen-bond donors (Lipinski definition) is 1. The summed E-state index contributed by atoms with van der Waals surface area (Å²) >= 11 is 0. The van der Waals surface area contributed by atoms with E-state index in [9.17, 15) is 5.11 Å². The van der Waals surface area contributed by atoms with E-state index in [4.69, 9.17) is 4.74 Å². The molecule has 1 fully saturated rings. The predicted octanol–water partition coefficient (Wildman–Crippen LogP) is 2.30. The van der Waals surface area contributed by atoms with Crippen LogP contribution in [0.5, 0.6) is 5.75 Å². The number of piperidine rings is 1. The summed E-state index contributed by atoms with van der Waals surface area (Å²) in [5.74, 6) is 0.948. The van der Waals surface area contributed by atoms with Crippen LogP contribution < -0.4 is 4.74 Å². The molecule has 1 unspecified atom stereocenters. The predicted molar refractivity (Wildman–Crippen MR) is 72.8 cm³/mol. The van der Waals surface area contributed by atoms with Crippen LogP contribution in [-0.2, 0) is 0 Å². The van der Waals surface area contributed by atoms with Gasteiger partial charge in [0.05, 0.1) is 6.61 Å². The van der Waals surface area contributed by atoms with Gasteiger partial charge in [-0.25, -0.2) is 0 Å². The summed E-state index contributed by atoms with van der Waals surface area (Å²) in [6.07, 6.45) is 2.01. The van der Waals surface area contributed by atoms with E-state index in [1.165, 1.54) is 0 Å². The van der Waals surface area contributed by atoms with Crippen molar-refractivity contribution in [2.24, 2.45) is 0 Å². The second-order valence-electron chi connectivity index (χ2n) is 5.43. The Labute approximate surface area is 109 Å². The van der Waals surface area contributed by atoms with Crippen molar-refractivity contribution in [1.29, 1.82) is 0 Å². The van der Waals surface area contributed by atoms with Crippen molar-refractivity contribution in [2.75, 3.05) is 19.7 Å². The van der Waals surface area contributed by atoms with Crippen LogP contribution >= 0.6 is 0 Å². The first-order valence-corrected chi connectivity index (χ1v) is 6.72. The smallest absolute Gasteiger partial charge is 0.120 e. The van der Waals surface area contributed by atoms with E-state index in [1.807, 2.05) is 30.3 Å². The van der Waals surface area contributed by atoms with E-state index in [2.05, 4.69) is 18.7 Å². The molecule has 1 heterocycles. The van der Waals surface area contributed by atoms with Crippen LogP contribution in [0.3, 0.4) is 0 Å². The molecule has 0 aromatic heterocycles. The molecule has 1 N–H and O–H groups in total. The largest absolute Gasteiger partial charge is 0.487 e. The van der Waals surface area contributed by atoms with Crippen LogP contribution in [0.15, 0.2) is 30.3 Å². The summed E-state index contributed by atoms with van der Waals surface area (Å²) in [4.78, 5) is 2.33. The number of aliphatic hydroxyl groups excluding tert-OH is 1. The van der Waals surface area contributed by atoms with Gasteiger partial charge < -0.3 is 9.84 Å². The number of hydrogen-bond acceptors (Lipinski definition) is 3. The Balaban J connectivity index is 1.91. The monoisotopic (exact) mass is 249 g/mol. The third kappa shape index (κ3) is 3.24. The molecule has 2 rings (SSSR count). The molecule has 1 saturated heterocycles. The van der Waals surface area contributed by atoms with Gasteiger partial charge in [0, 0.05) is 19.1 Å². The highest BCUT2D eigenvalue weighted by Gasteiger charge is 2.33. The van der Waals surface area contributed by atoms with Gasteiger partial charge in [-0.2, -0.15) is 0 Å². The molecule has 0 radical (unpaired) electrons. The summed E-state index contributed by atoms with van der Waals surface area (Å²) in [5, 5.41) is 9.18. The molecule has 1 atom stereocenters.